The Bertz CT molecular complexity index is 523. The number of hydrogen-bond donors (Lipinski definition) is 1. The predicted octanol–water partition coefficient (Wildman–Crippen LogP) is 2.96. The molecule has 1 saturated carbocycles. The number of thiophene rings is 1. The van der Waals surface area contributed by atoms with E-state index in [1.165, 1.54) is 25.7 Å². The van der Waals surface area contributed by atoms with Crippen LogP contribution in [0.4, 0.5) is 0 Å². The van der Waals surface area contributed by atoms with Gasteiger partial charge >= 0.3 is 0 Å². The smallest absolute Gasteiger partial charge is 0.225 e. The molecule has 2 fully saturated rings. The fraction of sp³-hybridized carbons (Fsp3) is 0.647. The van der Waals surface area contributed by atoms with Crippen LogP contribution in [0.1, 0.15) is 49.4 Å². The molecule has 2 heterocycles. The lowest BCUT2D eigenvalue weighted by atomic mass is 9.87. The highest BCUT2D eigenvalue weighted by atomic mass is 32.1. The number of piperidine rings is 1. The van der Waals surface area contributed by atoms with E-state index in [4.69, 9.17) is 0 Å². The fourth-order valence-corrected chi connectivity index (χ4v) is 4.69. The van der Waals surface area contributed by atoms with Gasteiger partial charge in [-0.1, -0.05) is 18.9 Å². The molecule has 120 valence electrons. The van der Waals surface area contributed by atoms with Gasteiger partial charge in [0.2, 0.25) is 11.8 Å². The van der Waals surface area contributed by atoms with Crippen molar-refractivity contribution in [1.82, 2.24) is 10.2 Å². The third-order valence-corrected chi connectivity index (χ3v) is 6.02. The Labute approximate surface area is 135 Å². The fourth-order valence-electron chi connectivity index (χ4n) is 3.75. The maximum atomic E-state index is 12.7. The quantitative estimate of drug-likeness (QED) is 0.927. The molecule has 22 heavy (non-hydrogen) atoms. The van der Waals surface area contributed by atoms with Crippen molar-refractivity contribution in [3.05, 3.63) is 22.4 Å². The standard InChI is InChI=1S/C17H24N2O2S/c1-19-15(20)9-8-13(16(19)14-7-4-10-22-14)17(21)18-11-12-5-2-3-6-12/h4,7,10,12-13,16H,2-3,5-6,8-9,11H2,1H3,(H,18,21). The molecular formula is C17H24N2O2S. The van der Waals surface area contributed by atoms with Gasteiger partial charge in [-0.25, -0.2) is 0 Å². The van der Waals surface area contributed by atoms with E-state index >= 15 is 0 Å². The van der Waals surface area contributed by atoms with Gasteiger partial charge in [-0.05, 0) is 36.6 Å². The van der Waals surface area contributed by atoms with Gasteiger partial charge in [0.1, 0.15) is 0 Å². The average Bonchev–Trinajstić information content (AvgIpc) is 3.20. The summed E-state index contributed by atoms with van der Waals surface area (Å²) in [5, 5.41) is 5.16. The van der Waals surface area contributed by atoms with E-state index < -0.39 is 0 Å². The van der Waals surface area contributed by atoms with Crippen LogP contribution in [-0.2, 0) is 9.59 Å². The largest absolute Gasteiger partial charge is 0.356 e. The normalized spacial score (nSPS) is 26.4. The van der Waals surface area contributed by atoms with E-state index in [-0.39, 0.29) is 23.8 Å². The highest BCUT2D eigenvalue weighted by molar-refractivity contribution is 7.10. The number of likely N-dealkylation sites (tertiary alicyclic amines) is 1. The van der Waals surface area contributed by atoms with Crippen LogP contribution in [0.5, 0.6) is 0 Å². The van der Waals surface area contributed by atoms with Gasteiger partial charge in [-0.15, -0.1) is 11.3 Å². The number of amides is 2. The third kappa shape index (κ3) is 3.19. The van der Waals surface area contributed by atoms with Gasteiger partial charge < -0.3 is 10.2 Å². The first-order chi connectivity index (χ1) is 10.7. The number of rotatable bonds is 4. The average molecular weight is 320 g/mol. The van der Waals surface area contributed by atoms with Gasteiger partial charge in [0.25, 0.3) is 0 Å². The number of nitrogens with zero attached hydrogens (tertiary/aromatic N) is 1. The minimum absolute atomic E-state index is 0.107. The number of hydrogen-bond acceptors (Lipinski definition) is 3. The summed E-state index contributed by atoms with van der Waals surface area (Å²) in [5.41, 5.74) is 0. The first-order valence-corrected chi connectivity index (χ1v) is 9.11. The lowest BCUT2D eigenvalue weighted by Crippen LogP contribution is -2.46. The zero-order valence-corrected chi connectivity index (χ0v) is 13.9. The topological polar surface area (TPSA) is 49.4 Å². The molecule has 0 spiro atoms. The second kappa shape index (κ2) is 6.82. The molecule has 4 nitrogen and oxygen atoms in total. The van der Waals surface area contributed by atoms with Crippen LogP contribution in [0.15, 0.2) is 17.5 Å². The zero-order valence-electron chi connectivity index (χ0n) is 13.1. The van der Waals surface area contributed by atoms with Crippen molar-refractivity contribution in [2.75, 3.05) is 13.6 Å². The lowest BCUT2D eigenvalue weighted by molar-refractivity contribution is -0.141. The summed E-state index contributed by atoms with van der Waals surface area (Å²) in [6, 6.07) is 3.91. The van der Waals surface area contributed by atoms with Gasteiger partial charge in [-0.2, -0.15) is 0 Å². The molecule has 3 rings (SSSR count). The second-order valence-electron chi connectivity index (χ2n) is 6.51. The van der Waals surface area contributed by atoms with E-state index in [2.05, 4.69) is 5.32 Å². The van der Waals surface area contributed by atoms with Crippen LogP contribution >= 0.6 is 11.3 Å². The molecule has 2 unspecified atom stereocenters. The van der Waals surface area contributed by atoms with Crippen molar-refractivity contribution in [3.63, 3.8) is 0 Å². The molecule has 0 aromatic carbocycles. The number of nitrogens with one attached hydrogen (secondary N) is 1. The van der Waals surface area contributed by atoms with Gasteiger partial charge in [0.05, 0.1) is 12.0 Å². The highest BCUT2D eigenvalue weighted by Crippen LogP contribution is 2.38. The molecule has 1 aliphatic heterocycles. The van der Waals surface area contributed by atoms with Crippen molar-refractivity contribution < 1.29 is 9.59 Å². The maximum Gasteiger partial charge on any atom is 0.225 e. The Kier molecular flexibility index (Phi) is 4.81. The maximum absolute atomic E-state index is 12.7. The van der Waals surface area contributed by atoms with E-state index in [9.17, 15) is 9.59 Å². The lowest BCUT2D eigenvalue weighted by Gasteiger charge is -2.37. The van der Waals surface area contributed by atoms with Crippen LogP contribution in [0.3, 0.4) is 0 Å². The zero-order chi connectivity index (χ0) is 15.5. The van der Waals surface area contributed by atoms with Crippen LogP contribution in [0, 0.1) is 11.8 Å². The molecule has 1 N–H and O–H groups in total. The Hall–Kier alpha value is -1.36. The van der Waals surface area contributed by atoms with Crippen molar-refractivity contribution in [2.45, 2.75) is 44.6 Å². The summed E-state index contributed by atoms with van der Waals surface area (Å²) < 4.78 is 0. The van der Waals surface area contributed by atoms with Crippen molar-refractivity contribution in [1.29, 1.82) is 0 Å². The monoisotopic (exact) mass is 320 g/mol. The van der Waals surface area contributed by atoms with Crippen LogP contribution in [-0.4, -0.2) is 30.3 Å². The molecule has 1 aromatic rings. The van der Waals surface area contributed by atoms with E-state index in [1.54, 1.807) is 16.2 Å². The SMILES string of the molecule is CN1C(=O)CCC(C(=O)NCC2CCCC2)C1c1cccs1. The van der Waals surface area contributed by atoms with Gasteiger partial charge in [0, 0.05) is 24.9 Å². The van der Waals surface area contributed by atoms with Crippen LogP contribution in [0.2, 0.25) is 0 Å². The molecule has 1 aliphatic carbocycles. The second-order valence-corrected chi connectivity index (χ2v) is 7.48. The van der Waals surface area contributed by atoms with Crippen LogP contribution < -0.4 is 5.32 Å². The van der Waals surface area contributed by atoms with E-state index in [0.29, 0.717) is 18.8 Å². The first-order valence-electron chi connectivity index (χ1n) is 8.23. The van der Waals surface area contributed by atoms with E-state index in [0.717, 1.165) is 11.4 Å². The summed E-state index contributed by atoms with van der Waals surface area (Å²) in [6.07, 6.45) is 6.18. The van der Waals surface area contributed by atoms with Gasteiger partial charge in [-0.3, -0.25) is 9.59 Å². The summed E-state index contributed by atoms with van der Waals surface area (Å²) >= 11 is 1.63. The molecule has 1 saturated heterocycles. The predicted molar refractivity (Wildman–Crippen MR) is 87.5 cm³/mol. The molecule has 2 aliphatic rings. The van der Waals surface area contributed by atoms with Crippen molar-refractivity contribution >= 4 is 23.2 Å². The van der Waals surface area contributed by atoms with Crippen molar-refractivity contribution in [2.24, 2.45) is 11.8 Å². The minimum atomic E-state index is -0.122. The molecular weight excluding hydrogens is 296 g/mol. The van der Waals surface area contributed by atoms with E-state index in [1.807, 2.05) is 24.6 Å². The summed E-state index contributed by atoms with van der Waals surface area (Å²) in [6.45, 7) is 0.796. The van der Waals surface area contributed by atoms with Gasteiger partial charge in [0.15, 0.2) is 0 Å². The molecule has 1 aromatic heterocycles. The Morgan fingerprint density at radius 2 is 2.14 bits per heavy atom. The highest BCUT2D eigenvalue weighted by Gasteiger charge is 2.39. The van der Waals surface area contributed by atoms with Crippen molar-refractivity contribution in [3.8, 4) is 0 Å². The minimum Gasteiger partial charge on any atom is -0.356 e. The number of carbonyl (C=O) groups is 2. The Balaban J connectivity index is 1.69. The summed E-state index contributed by atoms with van der Waals surface area (Å²) in [4.78, 5) is 27.6. The van der Waals surface area contributed by atoms with Crippen LogP contribution in [0.25, 0.3) is 0 Å². The third-order valence-electron chi connectivity index (χ3n) is 5.07. The summed E-state index contributed by atoms with van der Waals surface area (Å²) in [5.74, 6) is 0.776. The molecule has 2 atom stereocenters. The molecule has 2 amide bonds. The summed E-state index contributed by atoms with van der Waals surface area (Å²) in [7, 11) is 1.82. The first kappa shape index (κ1) is 15.5. The molecule has 5 heteroatoms. The Morgan fingerprint density at radius 3 is 2.82 bits per heavy atom. The number of carbonyl (C=O) groups excluding carboxylic acids is 2. The Morgan fingerprint density at radius 1 is 1.36 bits per heavy atom. The molecule has 0 radical (unpaired) electrons. The molecule has 0 bridgehead atoms.